The monoisotopic (exact) mass is 405 g/mol. The van der Waals surface area contributed by atoms with Gasteiger partial charge in [0.25, 0.3) is 5.82 Å². The summed E-state index contributed by atoms with van der Waals surface area (Å²) in [5.41, 5.74) is 4.02. The Morgan fingerprint density at radius 1 is 1.07 bits per heavy atom. The van der Waals surface area contributed by atoms with Gasteiger partial charge >= 0.3 is 11.1 Å². The van der Waals surface area contributed by atoms with Crippen LogP contribution in [0, 0.1) is 11.8 Å². The Hall–Kier alpha value is -3.52. The number of aromatic nitrogens is 3. The first-order chi connectivity index (χ1) is 14.0. The van der Waals surface area contributed by atoms with Gasteiger partial charge in [0.2, 0.25) is 0 Å². The van der Waals surface area contributed by atoms with Gasteiger partial charge < -0.3 is 5.11 Å². The number of nitroso groups, excluding NO2 is 1. The molecule has 0 saturated carbocycles. The number of aliphatic carboxylic acids is 1. The molecule has 7 nitrogen and oxygen atoms in total. The van der Waals surface area contributed by atoms with E-state index >= 15 is 0 Å². The average molecular weight is 405 g/mol. The van der Waals surface area contributed by atoms with E-state index in [2.05, 4.69) is 57.6 Å². The number of aryl methyl sites for hydroxylation is 1. The highest BCUT2D eigenvalue weighted by molar-refractivity contribution is 7.99. The van der Waals surface area contributed by atoms with Gasteiger partial charge in [0.1, 0.15) is 11.4 Å². The van der Waals surface area contributed by atoms with Gasteiger partial charge in [-0.3, -0.25) is 4.79 Å². The van der Waals surface area contributed by atoms with Crippen molar-refractivity contribution in [2.75, 3.05) is 5.75 Å². The van der Waals surface area contributed by atoms with Crippen LogP contribution >= 0.6 is 11.8 Å². The molecule has 4 rings (SSSR count). The van der Waals surface area contributed by atoms with Crippen LogP contribution < -0.4 is 4.98 Å². The van der Waals surface area contributed by atoms with Crippen molar-refractivity contribution >= 4 is 34.2 Å². The van der Waals surface area contributed by atoms with Crippen LogP contribution in [0.1, 0.15) is 5.56 Å². The van der Waals surface area contributed by atoms with E-state index in [9.17, 15) is 9.70 Å². The van der Waals surface area contributed by atoms with Gasteiger partial charge in [-0.15, -0.1) is 10.0 Å². The zero-order chi connectivity index (χ0) is 20.4. The van der Waals surface area contributed by atoms with E-state index < -0.39 is 5.97 Å². The summed E-state index contributed by atoms with van der Waals surface area (Å²) in [5.74, 6) is -0.451. The molecule has 144 valence electrons. The minimum atomic E-state index is -0.922. The van der Waals surface area contributed by atoms with E-state index in [0.717, 1.165) is 33.7 Å². The van der Waals surface area contributed by atoms with Crippen molar-refractivity contribution in [1.82, 2.24) is 10.2 Å². The highest BCUT2D eigenvalue weighted by Gasteiger charge is 2.16. The number of aromatic amines is 2. The van der Waals surface area contributed by atoms with Crippen LogP contribution in [0.5, 0.6) is 0 Å². The molecule has 1 aromatic heterocycles. The summed E-state index contributed by atoms with van der Waals surface area (Å²) in [6.07, 6.45) is 0. The highest BCUT2D eigenvalue weighted by Crippen LogP contribution is 2.32. The fraction of sp³-hybridized carbons (Fsp3) is 0.0952. The molecule has 0 unspecified atom stereocenters. The van der Waals surface area contributed by atoms with Crippen LogP contribution in [0.3, 0.4) is 0 Å². The van der Waals surface area contributed by atoms with E-state index in [-0.39, 0.29) is 5.75 Å². The van der Waals surface area contributed by atoms with Crippen LogP contribution in [-0.4, -0.2) is 27.0 Å². The summed E-state index contributed by atoms with van der Waals surface area (Å²) in [4.78, 5) is 25.0. The number of fused-ring (bicyclic) bond motifs is 1. The number of carboxylic acids is 1. The summed E-state index contributed by atoms with van der Waals surface area (Å²) in [7, 11) is 0. The third-order valence-corrected chi connectivity index (χ3v) is 5.33. The first-order valence-electron chi connectivity index (χ1n) is 8.84. The van der Waals surface area contributed by atoms with Gasteiger partial charge in [-0.25, -0.2) is 4.98 Å². The van der Waals surface area contributed by atoms with Crippen LogP contribution in [0.2, 0.25) is 0 Å². The Morgan fingerprint density at radius 3 is 2.62 bits per heavy atom. The van der Waals surface area contributed by atoms with Crippen molar-refractivity contribution in [3.8, 4) is 22.5 Å². The van der Waals surface area contributed by atoms with Crippen molar-refractivity contribution in [2.45, 2.75) is 12.1 Å². The molecule has 3 N–H and O–H groups in total. The molecule has 0 aliphatic rings. The molecule has 0 radical (unpaired) electrons. The molecule has 3 aromatic carbocycles. The van der Waals surface area contributed by atoms with E-state index in [1.165, 1.54) is 5.56 Å². The predicted molar refractivity (Wildman–Crippen MR) is 112 cm³/mol. The smallest absolute Gasteiger partial charge is 0.335 e. The minimum absolute atomic E-state index is 0.0987. The number of thioether (sulfide) groups is 1. The van der Waals surface area contributed by atoms with Crippen molar-refractivity contribution in [1.29, 1.82) is 0 Å². The van der Waals surface area contributed by atoms with E-state index in [4.69, 9.17) is 5.11 Å². The second-order valence-electron chi connectivity index (χ2n) is 6.64. The maximum Gasteiger partial charge on any atom is 0.335 e. The molecule has 0 saturated heterocycles. The summed E-state index contributed by atoms with van der Waals surface area (Å²) in [6, 6.07) is 17.7. The van der Waals surface area contributed by atoms with Crippen LogP contribution in [0.25, 0.3) is 33.3 Å². The minimum Gasteiger partial charge on any atom is -0.481 e. The molecule has 4 aromatic rings. The van der Waals surface area contributed by atoms with Crippen molar-refractivity contribution < 1.29 is 14.9 Å². The largest absolute Gasteiger partial charge is 0.481 e. The Balaban J connectivity index is 1.73. The third kappa shape index (κ3) is 4.17. The molecule has 0 spiro atoms. The first kappa shape index (κ1) is 18.8. The third-order valence-electron chi connectivity index (χ3n) is 4.47. The molecule has 0 atom stereocenters. The zero-order valence-corrected chi connectivity index (χ0v) is 16.3. The predicted octanol–water partition coefficient (Wildman–Crippen LogP) is 4.59. The van der Waals surface area contributed by atoms with Crippen LogP contribution in [0.4, 0.5) is 5.69 Å². The van der Waals surface area contributed by atoms with E-state index in [1.54, 1.807) is 12.1 Å². The van der Waals surface area contributed by atoms with Gasteiger partial charge in [-0.05, 0) is 70.0 Å². The summed E-state index contributed by atoms with van der Waals surface area (Å²) in [5, 5.41) is 21.5. The second-order valence-corrected chi connectivity index (χ2v) is 7.60. The Labute approximate surface area is 170 Å². The zero-order valence-electron chi connectivity index (χ0n) is 15.5. The van der Waals surface area contributed by atoms with E-state index in [1.807, 2.05) is 12.1 Å². The standard InChI is InChI=1S/C21H16N4O3S/c1-12-2-3-14-7-15(5-4-13(14)6-12)16-8-17(10-18(9-16)25-28)20-22-21(24-23-20)29-11-19(26)27/h2-10H,11H2,1H3,(H,26,27)(H,22,23,24)/p+1. The van der Waals surface area contributed by atoms with Gasteiger partial charge in [0, 0.05) is 0 Å². The first-order valence-corrected chi connectivity index (χ1v) is 9.82. The average Bonchev–Trinajstić information content (AvgIpc) is 3.20. The van der Waals surface area contributed by atoms with Crippen molar-refractivity contribution in [3.63, 3.8) is 0 Å². The molecule has 0 fully saturated rings. The maximum absolute atomic E-state index is 11.3. The van der Waals surface area contributed by atoms with Gasteiger partial charge in [-0.1, -0.05) is 35.9 Å². The normalized spacial score (nSPS) is 10.9. The van der Waals surface area contributed by atoms with Gasteiger partial charge in [0.15, 0.2) is 0 Å². The number of nitrogens with zero attached hydrogens (tertiary/aromatic N) is 2. The molecule has 0 amide bonds. The Morgan fingerprint density at radius 2 is 1.83 bits per heavy atom. The number of carboxylic acid groups (broad SMARTS) is 1. The molecule has 0 bridgehead atoms. The lowest BCUT2D eigenvalue weighted by Gasteiger charge is -2.07. The lowest BCUT2D eigenvalue weighted by Crippen LogP contribution is -2.07. The SMILES string of the molecule is Cc1ccc2cc(-c3cc(N=O)cc(-c4[nH]nc(SCC(=O)O)[nH+]4)c3)ccc2c1. The number of hydrogen-bond donors (Lipinski definition) is 2. The molecular formula is C21H17N4O3S+. The number of benzene rings is 3. The van der Waals surface area contributed by atoms with Crippen LogP contribution in [-0.2, 0) is 4.79 Å². The van der Waals surface area contributed by atoms with Crippen LogP contribution in [0.15, 0.2) is 64.9 Å². The number of rotatable bonds is 6. The molecule has 1 heterocycles. The Bertz CT molecular complexity index is 1240. The second kappa shape index (κ2) is 7.84. The maximum atomic E-state index is 11.3. The topological polar surface area (TPSA) is 110 Å². The number of nitrogens with one attached hydrogen (secondary N) is 2. The molecule has 29 heavy (non-hydrogen) atoms. The molecule has 0 aliphatic heterocycles. The Kier molecular flexibility index (Phi) is 5.09. The summed E-state index contributed by atoms with van der Waals surface area (Å²) < 4.78 is 0. The highest BCUT2D eigenvalue weighted by atomic mass is 32.2. The van der Waals surface area contributed by atoms with Gasteiger partial charge in [0.05, 0.1) is 10.7 Å². The number of carbonyl (C=O) groups is 1. The van der Waals surface area contributed by atoms with Gasteiger partial charge in [-0.2, -0.15) is 0 Å². The molecular weight excluding hydrogens is 388 g/mol. The van der Waals surface area contributed by atoms with Crippen molar-refractivity contribution in [3.05, 3.63) is 65.1 Å². The van der Waals surface area contributed by atoms with E-state index in [0.29, 0.717) is 22.2 Å². The molecule has 8 heteroatoms. The fourth-order valence-electron chi connectivity index (χ4n) is 3.12. The lowest BCUT2D eigenvalue weighted by molar-refractivity contribution is -0.414. The summed E-state index contributed by atoms with van der Waals surface area (Å²) >= 11 is 1.07. The number of hydrogen-bond acceptors (Lipinski definition) is 5. The molecule has 0 aliphatic carbocycles. The van der Waals surface area contributed by atoms with Crippen molar-refractivity contribution in [2.24, 2.45) is 5.18 Å². The lowest BCUT2D eigenvalue weighted by atomic mass is 9.98. The fourth-order valence-corrected chi connectivity index (χ4v) is 3.67. The summed E-state index contributed by atoms with van der Waals surface area (Å²) in [6.45, 7) is 2.06. The quantitative estimate of drug-likeness (QED) is 0.360. The number of H-pyrrole nitrogens is 2.